The number of hydrogen-bond donors (Lipinski definition) is 2. The average molecular weight is 399 g/mol. The number of likely N-dealkylation sites (N-methyl/N-ethyl adjacent to an activating group) is 1. The van der Waals surface area contributed by atoms with Crippen LogP contribution in [0, 0.1) is 0 Å². The number of carbonyl (C=O) groups is 2. The summed E-state index contributed by atoms with van der Waals surface area (Å²) >= 11 is 1.36. The summed E-state index contributed by atoms with van der Waals surface area (Å²) in [5.74, 6) is -1.10. The summed E-state index contributed by atoms with van der Waals surface area (Å²) in [6.07, 6.45) is 0.732. The van der Waals surface area contributed by atoms with Gasteiger partial charge in [-0.25, -0.2) is 9.59 Å². The smallest absolute Gasteiger partial charge is 0.349 e. The van der Waals surface area contributed by atoms with E-state index in [1.807, 2.05) is 0 Å². The molecule has 1 atom stereocenters. The number of quaternary nitrogens is 1. The quantitative estimate of drug-likeness (QED) is 0.514. The number of carbonyl (C=O) groups excluding carboxylic acids is 2. The molecule has 4 rings (SSSR count). The maximum Gasteiger partial charge on any atom is 0.349 e. The SMILES string of the molecule is COC(=O)c1c(NC(=O)c2cc3ccccc3oc2=O)sc2c1CC[NH+](C)C2. The van der Waals surface area contributed by atoms with Crippen molar-refractivity contribution in [2.75, 3.05) is 26.0 Å². The van der Waals surface area contributed by atoms with Crippen LogP contribution in [-0.2, 0) is 17.7 Å². The highest BCUT2D eigenvalue weighted by molar-refractivity contribution is 7.17. The van der Waals surface area contributed by atoms with Gasteiger partial charge >= 0.3 is 11.6 Å². The number of rotatable bonds is 3. The van der Waals surface area contributed by atoms with E-state index in [1.165, 1.54) is 29.4 Å². The topological polar surface area (TPSA) is 90.0 Å². The number of anilines is 1. The van der Waals surface area contributed by atoms with Gasteiger partial charge in [-0.05, 0) is 17.7 Å². The molecular formula is C20H19N2O5S+. The third-order valence-electron chi connectivity index (χ3n) is 4.86. The Morgan fingerprint density at radius 1 is 1.29 bits per heavy atom. The van der Waals surface area contributed by atoms with Crippen molar-refractivity contribution in [1.82, 2.24) is 0 Å². The molecule has 0 fully saturated rings. The molecule has 28 heavy (non-hydrogen) atoms. The van der Waals surface area contributed by atoms with Crippen LogP contribution in [0.25, 0.3) is 11.0 Å². The van der Waals surface area contributed by atoms with Gasteiger partial charge in [-0.2, -0.15) is 0 Å². The number of fused-ring (bicyclic) bond motifs is 2. The Labute approximate surface area is 164 Å². The molecule has 3 heterocycles. The van der Waals surface area contributed by atoms with E-state index in [1.54, 1.807) is 24.3 Å². The highest BCUT2D eigenvalue weighted by Gasteiger charge is 2.30. The van der Waals surface area contributed by atoms with Gasteiger partial charge in [-0.1, -0.05) is 18.2 Å². The lowest BCUT2D eigenvalue weighted by molar-refractivity contribution is -0.895. The second-order valence-corrected chi connectivity index (χ2v) is 7.88. The first kappa shape index (κ1) is 18.4. The largest absolute Gasteiger partial charge is 0.465 e. The maximum atomic E-state index is 12.8. The first-order valence-corrected chi connectivity index (χ1v) is 9.68. The summed E-state index contributed by atoms with van der Waals surface area (Å²) in [5, 5.41) is 3.78. The van der Waals surface area contributed by atoms with Crippen LogP contribution in [-0.4, -0.2) is 32.6 Å². The van der Waals surface area contributed by atoms with Crippen LogP contribution in [0.1, 0.15) is 31.2 Å². The Balaban J connectivity index is 1.73. The summed E-state index contributed by atoms with van der Waals surface area (Å²) in [6, 6.07) is 8.48. The summed E-state index contributed by atoms with van der Waals surface area (Å²) in [4.78, 5) is 39.8. The molecule has 2 aromatic heterocycles. The van der Waals surface area contributed by atoms with Crippen molar-refractivity contribution in [3.63, 3.8) is 0 Å². The van der Waals surface area contributed by atoms with Gasteiger partial charge in [0.25, 0.3) is 5.91 Å². The van der Waals surface area contributed by atoms with Gasteiger partial charge in [0.05, 0.1) is 31.1 Å². The Morgan fingerprint density at radius 3 is 2.86 bits per heavy atom. The number of thiophene rings is 1. The highest BCUT2D eigenvalue weighted by Crippen LogP contribution is 2.35. The fourth-order valence-corrected chi connectivity index (χ4v) is 4.76. The van der Waals surface area contributed by atoms with E-state index in [-0.39, 0.29) is 5.56 Å². The van der Waals surface area contributed by atoms with Crippen molar-refractivity contribution in [2.45, 2.75) is 13.0 Å². The van der Waals surface area contributed by atoms with E-state index in [0.717, 1.165) is 30.0 Å². The van der Waals surface area contributed by atoms with Crippen molar-refractivity contribution < 1.29 is 23.6 Å². The second kappa shape index (κ2) is 7.21. The van der Waals surface area contributed by atoms with Crippen LogP contribution in [0.2, 0.25) is 0 Å². The van der Waals surface area contributed by atoms with Crippen molar-refractivity contribution in [3.8, 4) is 0 Å². The number of hydrogen-bond acceptors (Lipinski definition) is 6. The molecule has 0 bridgehead atoms. The van der Waals surface area contributed by atoms with E-state index in [9.17, 15) is 14.4 Å². The lowest BCUT2D eigenvalue weighted by Gasteiger charge is -2.19. The van der Waals surface area contributed by atoms with Crippen LogP contribution in [0.15, 0.2) is 39.5 Å². The summed E-state index contributed by atoms with van der Waals surface area (Å²) in [7, 11) is 3.40. The van der Waals surface area contributed by atoms with E-state index in [4.69, 9.17) is 9.15 Å². The Morgan fingerprint density at radius 2 is 2.07 bits per heavy atom. The molecule has 0 spiro atoms. The van der Waals surface area contributed by atoms with Crippen LogP contribution in [0.5, 0.6) is 0 Å². The highest BCUT2D eigenvalue weighted by atomic mass is 32.1. The van der Waals surface area contributed by atoms with Gasteiger partial charge in [-0.15, -0.1) is 11.3 Å². The minimum Gasteiger partial charge on any atom is -0.465 e. The van der Waals surface area contributed by atoms with Gasteiger partial charge in [0, 0.05) is 11.8 Å². The second-order valence-electron chi connectivity index (χ2n) is 6.77. The molecular weight excluding hydrogens is 380 g/mol. The average Bonchev–Trinajstić information content (AvgIpc) is 3.03. The standard InChI is InChI=1S/C20H18N2O5S/c1-22-8-7-12-15(10-22)28-18(16(12)20(25)26-2)21-17(23)13-9-11-5-3-4-6-14(11)27-19(13)24/h3-6,9H,7-8,10H2,1-2H3,(H,21,23)/p+1. The molecule has 3 aromatic rings. The predicted molar refractivity (Wildman–Crippen MR) is 105 cm³/mol. The zero-order chi connectivity index (χ0) is 19.8. The molecule has 0 saturated heterocycles. The van der Waals surface area contributed by atoms with Crippen molar-refractivity contribution in [2.24, 2.45) is 0 Å². The molecule has 144 valence electrons. The molecule has 1 aliphatic heterocycles. The number of nitrogens with one attached hydrogen (secondary N) is 2. The normalized spacial score (nSPS) is 15.9. The summed E-state index contributed by atoms with van der Waals surface area (Å²) in [6.45, 7) is 1.67. The Hall–Kier alpha value is -2.97. The number of benzene rings is 1. The summed E-state index contributed by atoms with van der Waals surface area (Å²) in [5.41, 5.74) is 0.888. The number of para-hydroxylation sites is 1. The number of amides is 1. The Kier molecular flexibility index (Phi) is 4.74. The summed E-state index contributed by atoms with van der Waals surface area (Å²) < 4.78 is 10.2. The van der Waals surface area contributed by atoms with Crippen molar-refractivity contribution >= 4 is 39.2 Å². The number of methoxy groups -OCH3 is 1. The molecule has 2 N–H and O–H groups in total. The van der Waals surface area contributed by atoms with Gasteiger partial charge in [0.15, 0.2) is 0 Å². The zero-order valence-electron chi connectivity index (χ0n) is 15.5. The van der Waals surface area contributed by atoms with Gasteiger partial charge in [0.2, 0.25) is 0 Å². The lowest BCUT2D eigenvalue weighted by Crippen LogP contribution is -3.08. The van der Waals surface area contributed by atoms with E-state index in [2.05, 4.69) is 12.4 Å². The van der Waals surface area contributed by atoms with Crippen LogP contribution < -0.4 is 15.8 Å². The number of esters is 1. The van der Waals surface area contributed by atoms with Gasteiger partial charge in [-0.3, -0.25) is 4.79 Å². The van der Waals surface area contributed by atoms with E-state index < -0.39 is 17.5 Å². The minimum atomic E-state index is -0.721. The van der Waals surface area contributed by atoms with Crippen LogP contribution in [0.3, 0.4) is 0 Å². The van der Waals surface area contributed by atoms with Gasteiger partial charge < -0.3 is 19.4 Å². The molecule has 1 unspecified atom stereocenters. The molecule has 0 saturated carbocycles. The molecule has 1 aliphatic rings. The molecule has 0 aliphatic carbocycles. The van der Waals surface area contributed by atoms with Crippen LogP contribution in [0.4, 0.5) is 5.00 Å². The monoisotopic (exact) mass is 399 g/mol. The third-order valence-corrected chi connectivity index (χ3v) is 6.00. The minimum absolute atomic E-state index is 0.108. The molecule has 7 nitrogen and oxygen atoms in total. The fraction of sp³-hybridized carbons (Fsp3) is 0.250. The molecule has 8 heteroatoms. The van der Waals surface area contributed by atoms with Crippen molar-refractivity contribution in [1.29, 1.82) is 0 Å². The molecule has 1 aromatic carbocycles. The first-order valence-electron chi connectivity index (χ1n) is 8.86. The molecule has 1 amide bonds. The maximum absolute atomic E-state index is 12.8. The number of ether oxygens (including phenoxy) is 1. The van der Waals surface area contributed by atoms with Crippen LogP contribution >= 0.6 is 11.3 Å². The van der Waals surface area contributed by atoms with E-state index >= 15 is 0 Å². The van der Waals surface area contributed by atoms with Gasteiger partial charge in [0.1, 0.15) is 22.7 Å². The fourth-order valence-electron chi connectivity index (χ4n) is 3.42. The predicted octanol–water partition coefficient (Wildman–Crippen LogP) is 1.46. The zero-order valence-corrected chi connectivity index (χ0v) is 16.3. The van der Waals surface area contributed by atoms with Crippen molar-refractivity contribution in [3.05, 3.63) is 62.3 Å². The third kappa shape index (κ3) is 3.21. The Bertz CT molecular complexity index is 1150. The van der Waals surface area contributed by atoms with E-state index in [0.29, 0.717) is 21.5 Å². The lowest BCUT2D eigenvalue weighted by atomic mass is 10.0. The molecule has 0 radical (unpaired) electrons. The first-order chi connectivity index (χ1) is 13.5.